The summed E-state index contributed by atoms with van der Waals surface area (Å²) in [7, 11) is 1.34. The Bertz CT molecular complexity index is 1700. The van der Waals surface area contributed by atoms with E-state index in [9.17, 15) is 14.4 Å². The topological polar surface area (TPSA) is 97.8 Å². The number of methoxy groups -OCH3 is 1. The van der Waals surface area contributed by atoms with Crippen molar-refractivity contribution in [3.63, 3.8) is 0 Å². The van der Waals surface area contributed by atoms with Crippen molar-refractivity contribution in [1.82, 2.24) is 9.88 Å². The Hall–Kier alpha value is -4.08. The van der Waals surface area contributed by atoms with E-state index in [0.717, 1.165) is 59.6 Å². The van der Waals surface area contributed by atoms with Crippen LogP contribution in [0, 0.1) is 0 Å². The van der Waals surface area contributed by atoms with Crippen molar-refractivity contribution in [2.24, 2.45) is 0 Å². The third kappa shape index (κ3) is 5.67. The van der Waals surface area contributed by atoms with Crippen LogP contribution in [0.25, 0.3) is 10.9 Å². The second-order valence-corrected chi connectivity index (χ2v) is 12.2. The van der Waals surface area contributed by atoms with Crippen molar-refractivity contribution in [3.05, 3.63) is 93.0 Å². The van der Waals surface area contributed by atoms with Crippen molar-refractivity contribution in [3.8, 4) is 0 Å². The van der Waals surface area contributed by atoms with E-state index in [1.54, 1.807) is 6.92 Å². The standard InChI is InChI=1S/C34H35N3O5S/c1-4-37-17-16-27-25(19-37)29(23-12-8-9-13-26(23)35-27)34(40)42-20(2)31(38)36-32-30(33(39)41-3)24-15-14-22(18-28(24)43-32)21-10-6-5-7-11-21/h5-13,20,22H,4,14-19H2,1-3H3,(H,36,38). The molecule has 43 heavy (non-hydrogen) atoms. The van der Waals surface area contributed by atoms with Gasteiger partial charge in [0.05, 0.1) is 23.8 Å². The van der Waals surface area contributed by atoms with Gasteiger partial charge in [0.1, 0.15) is 5.00 Å². The number of thiophene rings is 1. The lowest BCUT2D eigenvalue weighted by Gasteiger charge is -2.29. The summed E-state index contributed by atoms with van der Waals surface area (Å²) in [4.78, 5) is 48.2. The highest BCUT2D eigenvalue weighted by atomic mass is 32.1. The number of fused-ring (bicyclic) bond motifs is 3. The van der Waals surface area contributed by atoms with Crippen molar-refractivity contribution >= 4 is 45.1 Å². The van der Waals surface area contributed by atoms with Gasteiger partial charge in [-0.25, -0.2) is 9.59 Å². The van der Waals surface area contributed by atoms with Gasteiger partial charge in [-0.1, -0.05) is 55.5 Å². The molecule has 0 saturated carbocycles. The lowest BCUT2D eigenvalue weighted by molar-refractivity contribution is -0.123. The number of esters is 2. The average molecular weight is 598 g/mol. The summed E-state index contributed by atoms with van der Waals surface area (Å²) >= 11 is 1.40. The predicted molar refractivity (Wildman–Crippen MR) is 167 cm³/mol. The summed E-state index contributed by atoms with van der Waals surface area (Å²) in [5.74, 6) is -1.20. The van der Waals surface area contributed by atoms with Crippen LogP contribution in [0.4, 0.5) is 5.00 Å². The number of pyridine rings is 1. The maximum atomic E-state index is 13.7. The molecular formula is C34H35N3O5S. The van der Waals surface area contributed by atoms with E-state index in [2.05, 4.69) is 29.3 Å². The van der Waals surface area contributed by atoms with E-state index in [1.807, 2.05) is 42.5 Å². The summed E-state index contributed by atoms with van der Waals surface area (Å²) in [5.41, 5.74) is 5.54. The van der Waals surface area contributed by atoms with E-state index >= 15 is 0 Å². The van der Waals surface area contributed by atoms with E-state index in [4.69, 9.17) is 14.5 Å². The molecule has 2 aromatic carbocycles. The zero-order valence-corrected chi connectivity index (χ0v) is 25.5. The van der Waals surface area contributed by atoms with Crippen LogP contribution in [0.1, 0.15) is 74.2 Å². The normalized spacial score (nSPS) is 17.0. The maximum Gasteiger partial charge on any atom is 0.341 e. The molecule has 2 aliphatic rings. The minimum Gasteiger partial charge on any atom is -0.465 e. The smallest absolute Gasteiger partial charge is 0.341 e. The lowest BCUT2D eigenvalue weighted by Crippen LogP contribution is -2.34. The zero-order chi connectivity index (χ0) is 30.1. The quantitative estimate of drug-likeness (QED) is 0.264. The summed E-state index contributed by atoms with van der Waals surface area (Å²) in [6, 6.07) is 17.9. The number of carbonyl (C=O) groups excluding carboxylic acids is 3. The Labute approximate surface area is 255 Å². The first-order valence-electron chi connectivity index (χ1n) is 14.8. The van der Waals surface area contributed by atoms with Crippen LogP contribution >= 0.6 is 11.3 Å². The van der Waals surface area contributed by atoms with Gasteiger partial charge in [-0.05, 0) is 55.8 Å². The first kappa shape index (κ1) is 29.0. The summed E-state index contributed by atoms with van der Waals surface area (Å²) in [6.07, 6.45) is 2.05. The predicted octanol–water partition coefficient (Wildman–Crippen LogP) is 5.92. The van der Waals surface area contributed by atoms with Crippen LogP contribution in [-0.4, -0.2) is 54.0 Å². The Morgan fingerprint density at radius 3 is 2.56 bits per heavy atom. The lowest BCUT2D eigenvalue weighted by atomic mass is 9.83. The van der Waals surface area contributed by atoms with E-state index in [-0.39, 0.29) is 0 Å². The number of hydrogen-bond donors (Lipinski definition) is 1. The molecule has 1 aliphatic heterocycles. The number of anilines is 1. The Kier molecular flexibility index (Phi) is 8.27. The van der Waals surface area contributed by atoms with Gasteiger partial charge in [0.2, 0.25) is 0 Å². The third-order valence-corrected chi connectivity index (χ3v) is 9.76. The van der Waals surface area contributed by atoms with Crippen molar-refractivity contribution < 1.29 is 23.9 Å². The van der Waals surface area contributed by atoms with Gasteiger partial charge < -0.3 is 14.8 Å². The van der Waals surface area contributed by atoms with Gasteiger partial charge in [-0.15, -0.1) is 11.3 Å². The molecule has 0 saturated heterocycles. The van der Waals surface area contributed by atoms with Gasteiger partial charge >= 0.3 is 11.9 Å². The number of nitrogens with zero attached hydrogens (tertiary/aromatic N) is 2. The van der Waals surface area contributed by atoms with Crippen LogP contribution in [0.5, 0.6) is 0 Å². The fraction of sp³-hybridized carbons (Fsp3) is 0.353. The highest BCUT2D eigenvalue weighted by molar-refractivity contribution is 7.17. The van der Waals surface area contributed by atoms with Crippen LogP contribution in [0.2, 0.25) is 0 Å². The number of carbonyl (C=O) groups is 3. The molecule has 2 unspecified atom stereocenters. The molecule has 0 bridgehead atoms. The first-order valence-corrected chi connectivity index (χ1v) is 15.6. The highest BCUT2D eigenvalue weighted by Crippen LogP contribution is 2.43. The van der Waals surface area contributed by atoms with Gasteiger partial charge in [0.15, 0.2) is 6.10 Å². The molecule has 2 aromatic heterocycles. The molecule has 9 heteroatoms. The van der Waals surface area contributed by atoms with E-state index < -0.39 is 23.9 Å². The number of amides is 1. The van der Waals surface area contributed by atoms with Gasteiger partial charge in [0.25, 0.3) is 5.91 Å². The molecule has 0 fully saturated rings. The molecule has 1 amide bonds. The number of aromatic nitrogens is 1. The van der Waals surface area contributed by atoms with Crippen LogP contribution in [-0.2, 0) is 40.1 Å². The molecule has 1 aliphatic carbocycles. The molecule has 0 radical (unpaired) electrons. The molecular weight excluding hydrogens is 562 g/mol. The van der Waals surface area contributed by atoms with E-state index in [1.165, 1.54) is 24.0 Å². The summed E-state index contributed by atoms with van der Waals surface area (Å²) < 4.78 is 10.9. The zero-order valence-electron chi connectivity index (χ0n) is 24.6. The molecule has 0 spiro atoms. The van der Waals surface area contributed by atoms with Crippen molar-refractivity contribution in [2.45, 2.75) is 58.1 Å². The number of ether oxygens (including phenoxy) is 2. The number of hydrogen-bond acceptors (Lipinski definition) is 8. The van der Waals surface area contributed by atoms with E-state index in [0.29, 0.717) is 40.4 Å². The molecule has 222 valence electrons. The number of rotatable bonds is 7. The first-order chi connectivity index (χ1) is 20.9. The second-order valence-electron chi connectivity index (χ2n) is 11.1. The number of benzene rings is 2. The van der Waals surface area contributed by atoms with Gasteiger partial charge in [-0.2, -0.15) is 0 Å². The molecule has 4 aromatic rings. The van der Waals surface area contributed by atoms with Crippen LogP contribution < -0.4 is 5.32 Å². The number of nitrogens with one attached hydrogen (secondary N) is 1. The van der Waals surface area contributed by atoms with Gasteiger partial charge in [0, 0.05) is 41.0 Å². The summed E-state index contributed by atoms with van der Waals surface area (Å²) in [5, 5.41) is 4.04. The maximum absolute atomic E-state index is 13.7. The van der Waals surface area contributed by atoms with Crippen molar-refractivity contribution in [2.75, 3.05) is 25.5 Å². The van der Waals surface area contributed by atoms with Gasteiger partial charge in [-0.3, -0.25) is 14.7 Å². The third-order valence-electron chi connectivity index (χ3n) is 8.59. The Morgan fingerprint density at radius 1 is 1.02 bits per heavy atom. The Balaban J connectivity index is 1.24. The van der Waals surface area contributed by atoms with Crippen molar-refractivity contribution in [1.29, 1.82) is 0 Å². The van der Waals surface area contributed by atoms with Crippen LogP contribution in [0.3, 0.4) is 0 Å². The molecule has 8 nitrogen and oxygen atoms in total. The summed E-state index contributed by atoms with van der Waals surface area (Å²) in [6.45, 7) is 5.98. The fourth-order valence-corrected chi connectivity index (χ4v) is 7.56. The minimum absolute atomic E-state index is 0.339. The fourth-order valence-electron chi connectivity index (χ4n) is 6.24. The second kappa shape index (κ2) is 12.3. The Morgan fingerprint density at radius 2 is 1.79 bits per heavy atom. The molecule has 6 rings (SSSR count). The average Bonchev–Trinajstić information content (AvgIpc) is 3.40. The number of likely N-dealkylation sites (N-methyl/N-ethyl adjacent to an activating group) is 1. The highest BCUT2D eigenvalue weighted by Gasteiger charge is 2.33. The van der Waals surface area contributed by atoms with Crippen LogP contribution in [0.15, 0.2) is 54.6 Å². The SMILES string of the molecule is CCN1CCc2nc3ccccc3c(C(=O)OC(C)C(=O)Nc3sc4c(c3C(=O)OC)CCC(c3ccccc3)C4)c2C1. The monoisotopic (exact) mass is 597 g/mol. The molecule has 3 heterocycles. The molecule has 2 atom stereocenters. The molecule has 1 N–H and O–H groups in total. The minimum atomic E-state index is -1.09. The largest absolute Gasteiger partial charge is 0.465 e. The number of para-hydroxylation sites is 1.